The van der Waals surface area contributed by atoms with Crippen LogP contribution in [-0.2, 0) is 13.0 Å². The van der Waals surface area contributed by atoms with Crippen LogP contribution >= 0.6 is 0 Å². The normalized spacial score (nSPS) is 11.4. The SMILES string of the molecule is CN=C(NCCc1ccccc1F)NCc1ccc(OC)c(OC(F)F)c1. The van der Waals surface area contributed by atoms with E-state index in [-0.39, 0.29) is 17.3 Å². The van der Waals surface area contributed by atoms with E-state index in [1.54, 1.807) is 37.4 Å². The molecule has 2 rings (SSSR count). The molecule has 8 heteroatoms. The van der Waals surface area contributed by atoms with Gasteiger partial charge in [0.15, 0.2) is 17.5 Å². The van der Waals surface area contributed by atoms with Gasteiger partial charge in [0.2, 0.25) is 0 Å². The van der Waals surface area contributed by atoms with Crippen molar-refractivity contribution in [1.29, 1.82) is 0 Å². The van der Waals surface area contributed by atoms with Crippen LogP contribution in [0.4, 0.5) is 13.2 Å². The van der Waals surface area contributed by atoms with Crippen molar-refractivity contribution in [2.45, 2.75) is 19.6 Å². The summed E-state index contributed by atoms with van der Waals surface area (Å²) in [7, 11) is 2.99. The summed E-state index contributed by atoms with van der Waals surface area (Å²) in [6.07, 6.45) is 0.502. The van der Waals surface area contributed by atoms with Gasteiger partial charge in [-0.3, -0.25) is 4.99 Å². The van der Waals surface area contributed by atoms with Crippen molar-refractivity contribution >= 4 is 5.96 Å². The molecule has 2 aromatic rings. The molecule has 0 saturated carbocycles. The number of halogens is 3. The topological polar surface area (TPSA) is 54.9 Å². The third-order valence-electron chi connectivity index (χ3n) is 3.77. The number of hydrogen-bond donors (Lipinski definition) is 2. The van der Waals surface area contributed by atoms with E-state index in [2.05, 4.69) is 20.4 Å². The van der Waals surface area contributed by atoms with Gasteiger partial charge in [0, 0.05) is 20.1 Å². The lowest BCUT2D eigenvalue weighted by molar-refractivity contribution is -0.0512. The van der Waals surface area contributed by atoms with Gasteiger partial charge in [-0.2, -0.15) is 8.78 Å². The van der Waals surface area contributed by atoms with Crippen LogP contribution < -0.4 is 20.1 Å². The zero-order chi connectivity index (χ0) is 19.6. The molecule has 0 aliphatic rings. The van der Waals surface area contributed by atoms with Crippen LogP contribution in [0, 0.1) is 5.82 Å². The van der Waals surface area contributed by atoms with E-state index >= 15 is 0 Å². The lowest BCUT2D eigenvalue weighted by Gasteiger charge is -2.14. The molecule has 0 saturated heterocycles. The minimum atomic E-state index is -2.94. The predicted molar refractivity (Wildman–Crippen MR) is 97.9 cm³/mol. The predicted octanol–water partition coefficient (Wildman–Crippen LogP) is 3.34. The average molecular weight is 381 g/mol. The van der Waals surface area contributed by atoms with Gasteiger partial charge in [0.25, 0.3) is 0 Å². The van der Waals surface area contributed by atoms with E-state index in [0.29, 0.717) is 36.6 Å². The number of guanidine groups is 1. The van der Waals surface area contributed by atoms with E-state index in [1.165, 1.54) is 19.2 Å². The number of nitrogens with one attached hydrogen (secondary N) is 2. The molecule has 5 nitrogen and oxygen atoms in total. The van der Waals surface area contributed by atoms with E-state index in [9.17, 15) is 13.2 Å². The molecule has 0 heterocycles. The Morgan fingerprint density at radius 1 is 1.11 bits per heavy atom. The van der Waals surface area contributed by atoms with Crippen LogP contribution in [0.3, 0.4) is 0 Å². The molecule has 2 N–H and O–H groups in total. The number of methoxy groups -OCH3 is 1. The highest BCUT2D eigenvalue weighted by atomic mass is 19.3. The number of hydrogen-bond acceptors (Lipinski definition) is 3. The first-order chi connectivity index (χ1) is 13.0. The lowest BCUT2D eigenvalue weighted by atomic mass is 10.1. The third-order valence-corrected chi connectivity index (χ3v) is 3.77. The summed E-state index contributed by atoms with van der Waals surface area (Å²) in [5.74, 6) is 0.464. The Morgan fingerprint density at radius 3 is 2.56 bits per heavy atom. The Bertz CT molecular complexity index is 770. The summed E-state index contributed by atoms with van der Waals surface area (Å²) >= 11 is 0. The highest BCUT2D eigenvalue weighted by molar-refractivity contribution is 5.79. The fourth-order valence-electron chi connectivity index (χ4n) is 2.44. The fraction of sp³-hybridized carbons (Fsp3) is 0.316. The maximum Gasteiger partial charge on any atom is 0.387 e. The molecule has 27 heavy (non-hydrogen) atoms. The van der Waals surface area contributed by atoms with Crippen LogP contribution in [-0.4, -0.2) is 33.3 Å². The van der Waals surface area contributed by atoms with Gasteiger partial charge in [-0.1, -0.05) is 24.3 Å². The largest absolute Gasteiger partial charge is 0.493 e. The van der Waals surface area contributed by atoms with Crippen LogP contribution in [0.25, 0.3) is 0 Å². The number of aliphatic imine (C=N–C) groups is 1. The minimum absolute atomic E-state index is 0.0331. The van der Waals surface area contributed by atoms with Crippen molar-refractivity contribution in [1.82, 2.24) is 10.6 Å². The quantitative estimate of drug-likeness (QED) is 0.544. The van der Waals surface area contributed by atoms with Crippen molar-refractivity contribution in [3.63, 3.8) is 0 Å². The summed E-state index contributed by atoms with van der Waals surface area (Å²) in [6.45, 7) is -2.11. The van der Waals surface area contributed by atoms with Crippen LogP contribution in [0.15, 0.2) is 47.5 Å². The number of nitrogens with zero attached hydrogens (tertiary/aromatic N) is 1. The molecule has 2 aromatic carbocycles. The molecule has 0 aliphatic carbocycles. The number of alkyl halides is 2. The molecule has 0 radical (unpaired) electrons. The maximum atomic E-state index is 13.6. The molecule has 0 aromatic heterocycles. The molecular formula is C19H22F3N3O2. The van der Waals surface area contributed by atoms with Gasteiger partial charge in [-0.05, 0) is 35.7 Å². The van der Waals surface area contributed by atoms with Crippen molar-refractivity contribution in [2.75, 3.05) is 20.7 Å². The van der Waals surface area contributed by atoms with Gasteiger partial charge < -0.3 is 20.1 Å². The fourth-order valence-corrected chi connectivity index (χ4v) is 2.44. The first-order valence-corrected chi connectivity index (χ1v) is 8.33. The first-order valence-electron chi connectivity index (χ1n) is 8.33. The van der Waals surface area contributed by atoms with E-state index in [1.807, 2.05) is 0 Å². The van der Waals surface area contributed by atoms with Crippen LogP contribution in [0.2, 0.25) is 0 Å². The highest BCUT2D eigenvalue weighted by Crippen LogP contribution is 2.29. The highest BCUT2D eigenvalue weighted by Gasteiger charge is 2.11. The van der Waals surface area contributed by atoms with Gasteiger partial charge >= 0.3 is 6.61 Å². The van der Waals surface area contributed by atoms with Crippen molar-refractivity contribution in [3.8, 4) is 11.5 Å². The van der Waals surface area contributed by atoms with Crippen molar-refractivity contribution < 1.29 is 22.6 Å². The second-order valence-corrected chi connectivity index (χ2v) is 5.56. The average Bonchev–Trinajstić information content (AvgIpc) is 2.65. The standard InChI is InChI=1S/C19H22F3N3O2/c1-23-19(24-10-9-14-5-3-4-6-15(14)20)25-12-13-7-8-16(26-2)17(11-13)27-18(21)22/h3-8,11,18H,9-10,12H2,1-2H3,(H2,23,24,25). The zero-order valence-corrected chi connectivity index (χ0v) is 15.1. The lowest BCUT2D eigenvalue weighted by Crippen LogP contribution is -2.37. The Labute approximate surface area is 156 Å². The molecule has 0 fully saturated rings. The van der Waals surface area contributed by atoms with E-state index in [4.69, 9.17) is 4.74 Å². The molecule has 0 atom stereocenters. The molecule has 0 bridgehead atoms. The Kier molecular flexibility index (Phi) is 7.79. The number of rotatable bonds is 8. The minimum Gasteiger partial charge on any atom is -0.493 e. The Hall–Kier alpha value is -2.90. The van der Waals surface area contributed by atoms with E-state index in [0.717, 1.165) is 0 Å². The van der Waals surface area contributed by atoms with Gasteiger partial charge in [0.05, 0.1) is 7.11 Å². The Balaban J connectivity index is 1.89. The maximum absolute atomic E-state index is 13.6. The molecular weight excluding hydrogens is 359 g/mol. The van der Waals surface area contributed by atoms with Crippen molar-refractivity contribution in [2.24, 2.45) is 4.99 Å². The first kappa shape index (κ1) is 20.4. The number of ether oxygens (including phenoxy) is 2. The van der Waals surface area contributed by atoms with Crippen LogP contribution in [0.1, 0.15) is 11.1 Å². The second kappa shape index (κ2) is 10.3. The molecule has 0 spiro atoms. The van der Waals surface area contributed by atoms with Crippen LogP contribution in [0.5, 0.6) is 11.5 Å². The molecule has 0 aliphatic heterocycles. The monoisotopic (exact) mass is 381 g/mol. The third kappa shape index (κ3) is 6.40. The van der Waals surface area contributed by atoms with E-state index < -0.39 is 6.61 Å². The summed E-state index contributed by atoms with van der Waals surface area (Å²) in [6, 6.07) is 11.4. The smallest absolute Gasteiger partial charge is 0.387 e. The molecule has 0 unspecified atom stereocenters. The molecule has 146 valence electrons. The zero-order valence-electron chi connectivity index (χ0n) is 15.1. The molecule has 0 amide bonds. The Morgan fingerprint density at radius 2 is 1.89 bits per heavy atom. The summed E-state index contributed by atoms with van der Waals surface area (Å²) < 4.78 is 48.1. The number of benzene rings is 2. The summed E-state index contributed by atoms with van der Waals surface area (Å²) in [5.41, 5.74) is 1.33. The van der Waals surface area contributed by atoms with Gasteiger partial charge in [0.1, 0.15) is 5.82 Å². The second-order valence-electron chi connectivity index (χ2n) is 5.56. The van der Waals surface area contributed by atoms with Gasteiger partial charge in [-0.15, -0.1) is 0 Å². The van der Waals surface area contributed by atoms with Crippen molar-refractivity contribution in [3.05, 3.63) is 59.4 Å². The van der Waals surface area contributed by atoms with Gasteiger partial charge in [-0.25, -0.2) is 4.39 Å². The summed E-state index contributed by atoms with van der Waals surface area (Å²) in [5, 5.41) is 6.15. The summed E-state index contributed by atoms with van der Waals surface area (Å²) in [4.78, 5) is 4.09.